The minimum absolute atomic E-state index is 0.212. The molecule has 1 aromatic carbocycles. The smallest absolute Gasteiger partial charge is 0.273 e. The fraction of sp³-hybridized carbons (Fsp3) is 0.500. The van der Waals surface area contributed by atoms with Crippen LogP contribution in [0.2, 0.25) is 0 Å². The third kappa shape index (κ3) is 2.81. The molecule has 0 radical (unpaired) electrons. The first kappa shape index (κ1) is 12.0. The van der Waals surface area contributed by atoms with Crippen LogP contribution in [0.15, 0.2) is 24.3 Å². The Balaban J connectivity index is 2.06. The van der Waals surface area contributed by atoms with Crippen LogP contribution in [0.5, 0.6) is 0 Å². The third-order valence-corrected chi connectivity index (χ3v) is 3.29. The number of nitrogens with two attached hydrogens (primary N) is 1. The highest BCUT2D eigenvalue weighted by molar-refractivity contribution is 5.39. The van der Waals surface area contributed by atoms with E-state index < -0.39 is 0 Å². The van der Waals surface area contributed by atoms with Gasteiger partial charge in [0.2, 0.25) is 0 Å². The number of likely N-dealkylation sites (tertiary alicyclic amines) is 1. The summed E-state index contributed by atoms with van der Waals surface area (Å²) < 4.78 is 0. The average molecular weight is 235 g/mol. The molecule has 1 fully saturated rings. The van der Waals surface area contributed by atoms with Crippen molar-refractivity contribution >= 4 is 5.69 Å². The molecule has 0 aliphatic carbocycles. The van der Waals surface area contributed by atoms with Crippen molar-refractivity contribution in [3.8, 4) is 0 Å². The van der Waals surface area contributed by atoms with Crippen molar-refractivity contribution in [3.63, 3.8) is 0 Å². The van der Waals surface area contributed by atoms with E-state index in [2.05, 4.69) is 4.90 Å². The second kappa shape index (κ2) is 5.25. The van der Waals surface area contributed by atoms with Gasteiger partial charge >= 0.3 is 0 Å². The minimum Gasteiger partial charge on any atom is -0.330 e. The average Bonchev–Trinajstić information content (AvgIpc) is 2.77. The van der Waals surface area contributed by atoms with Crippen molar-refractivity contribution in [2.75, 3.05) is 19.6 Å². The zero-order valence-corrected chi connectivity index (χ0v) is 9.71. The molecule has 5 heteroatoms. The van der Waals surface area contributed by atoms with Gasteiger partial charge in [-0.25, -0.2) is 0 Å². The van der Waals surface area contributed by atoms with Gasteiger partial charge in [-0.15, -0.1) is 0 Å². The number of hydrogen-bond acceptors (Lipinski definition) is 4. The SMILES string of the molecule is NCC1CCN(Cc2ccccc2[N+](=O)[O-])C1. The van der Waals surface area contributed by atoms with Crippen LogP contribution >= 0.6 is 0 Å². The molecule has 5 nitrogen and oxygen atoms in total. The molecule has 1 unspecified atom stereocenters. The molecule has 1 atom stereocenters. The van der Waals surface area contributed by atoms with Crippen LogP contribution in [0.1, 0.15) is 12.0 Å². The van der Waals surface area contributed by atoms with Crippen molar-refractivity contribution in [1.82, 2.24) is 4.90 Å². The molecule has 1 aliphatic rings. The first-order valence-corrected chi connectivity index (χ1v) is 5.85. The predicted molar refractivity (Wildman–Crippen MR) is 65.5 cm³/mol. The lowest BCUT2D eigenvalue weighted by molar-refractivity contribution is -0.385. The Labute approximate surface area is 100 Å². The Kier molecular flexibility index (Phi) is 3.71. The molecule has 17 heavy (non-hydrogen) atoms. The van der Waals surface area contributed by atoms with Crippen LogP contribution in [0.25, 0.3) is 0 Å². The van der Waals surface area contributed by atoms with Crippen LogP contribution < -0.4 is 5.73 Å². The minimum atomic E-state index is -0.314. The lowest BCUT2D eigenvalue weighted by Gasteiger charge is -2.15. The fourth-order valence-electron chi connectivity index (χ4n) is 2.31. The number of para-hydroxylation sites is 1. The largest absolute Gasteiger partial charge is 0.330 e. The molecule has 0 amide bonds. The lowest BCUT2D eigenvalue weighted by Crippen LogP contribution is -2.23. The van der Waals surface area contributed by atoms with Gasteiger partial charge in [0, 0.05) is 24.7 Å². The Morgan fingerprint density at radius 3 is 2.88 bits per heavy atom. The zero-order valence-electron chi connectivity index (χ0n) is 9.71. The highest BCUT2D eigenvalue weighted by Crippen LogP contribution is 2.23. The maximum Gasteiger partial charge on any atom is 0.273 e. The number of nitro benzene ring substituents is 1. The summed E-state index contributed by atoms with van der Waals surface area (Å²) in [5.41, 5.74) is 6.63. The molecule has 0 aromatic heterocycles. The molecule has 0 bridgehead atoms. The van der Waals surface area contributed by atoms with E-state index in [1.807, 2.05) is 12.1 Å². The summed E-state index contributed by atoms with van der Waals surface area (Å²) in [5, 5.41) is 10.9. The number of benzene rings is 1. The van der Waals surface area contributed by atoms with Crippen LogP contribution in [0.4, 0.5) is 5.69 Å². The number of nitrogens with zero attached hydrogens (tertiary/aromatic N) is 2. The van der Waals surface area contributed by atoms with Crippen LogP contribution in [0, 0.1) is 16.0 Å². The molecule has 1 saturated heterocycles. The van der Waals surface area contributed by atoms with Gasteiger partial charge in [-0.05, 0) is 25.4 Å². The monoisotopic (exact) mass is 235 g/mol. The van der Waals surface area contributed by atoms with Crippen molar-refractivity contribution < 1.29 is 4.92 Å². The Morgan fingerprint density at radius 1 is 1.47 bits per heavy atom. The summed E-state index contributed by atoms with van der Waals surface area (Å²) >= 11 is 0. The summed E-state index contributed by atoms with van der Waals surface area (Å²) in [6.07, 6.45) is 1.09. The van der Waals surface area contributed by atoms with Gasteiger partial charge in [-0.1, -0.05) is 18.2 Å². The number of hydrogen-bond donors (Lipinski definition) is 1. The van der Waals surface area contributed by atoms with Gasteiger partial charge in [-0.3, -0.25) is 15.0 Å². The van der Waals surface area contributed by atoms with Crippen molar-refractivity contribution in [1.29, 1.82) is 0 Å². The van der Waals surface area contributed by atoms with Gasteiger partial charge in [0.25, 0.3) is 5.69 Å². The van der Waals surface area contributed by atoms with E-state index in [0.717, 1.165) is 25.1 Å². The molecule has 0 saturated carbocycles. The Hall–Kier alpha value is -1.46. The maximum absolute atomic E-state index is 10.9. The Morgan fingerprint density at radius 2 is 2.24 bits per heavy atom. The van der Waals surface area contributed by atoms with E-state index in [9.17, 15) is 10.1 Å². The highest BCUT2D eigenvalue weighted by atomic mass is 16.6. The lowest BCUT2D eigenvalue weighted by atomic mass is 10.1. The normalized spacial score (nSPS) is 20.6. The van der Waals surface area contributed by atoms with E-state index in [1.54, 1.807) is 12.1 Å². The van der Waals surface area contributed by atoms with Gasteiger partial charge in [0.15, 0.2) is 0 Å². The molecule has 1 aliphatic heterocycles. The molecule has 2 N–H and O–H groups in total. The van der Waals surface area contributed by atoms with Crippen LogP contribution in [-0.4, -0.2) is 29.5 Å². The molecule has 1 aromatic rings. The fourth-order valence-corrected chi connectivity index (χ4v) is 2.31. The van der Waals surface area contributed by atoms with Gasteiger partial charge in [0.1, 0.15) is 0 Å². The summed E-state index contributed by atoms with van der Waals surface area (Å²) in [6.45, 7) is 3.28. The standard InChI is InChI=1S/C12H17N3O2/c13-7-10-5-6-14(8-10)9-11-3-1-2-4-12(11)15(16)17/h1-4,10H,5-9,13H2. The second-order valence-electron chi connectivity index (χ2n) is 4.51. The molecule has 1 heterocycles. The van der Waals surface area contributed by atoms with E-state index in [0.29, 0.717) is 19.0 Å². The molecule has 92 valence electrons. The van der Waals surface area contributed by atoms with E-state index in [1.165, 1.54) is 0 Å². The zero-order chi connectivity index (χ0) is 12.3. The van der Waals surface area contributed by atoms with E-state index in [4.69, 9.17) is 5.73 Å². The van der Waals surface area contributed by atoms with E-state index in [-0.39, 0.29) is 10.6 Å². The summed E-state index contributed by atoms with van der Waals surface area (Å²) in [4.78, 5) is 12.8. The van der Waals surface area contributed by atoms with Gasteiger partial charge < -0.3 is 5.73 Å². The highest BCUT2D eigenvalue weighted by Gasteiger charge is 2.23. The second-order valence-corrected chi connectivity index (χ2v) is 4.51. The van der Waals surface area contributed by atoms with Crippen molar-refractivity contribution in [3.05, 3.63) is 39.9 Å². The molecular formula is C12H17N3O2. The quantitative estimate of drug-likeness (QED) is 0.632. The van der Waals surface area contributed by atoms with Gasteiger partial charge in [0.05, 0.1) is 4.92 Å². The summed E-state index contributed by atoms with van der Waals surface area (Å²) in [5.74, 6) is 0.540. The van der Waals surface area contributed by atoms with Crippen LogP contribution in [0.3, 0.4) is 0 Å². The summed E-state index contributed by atoms with van der Waals surface area (Å²) in [6, 6.07) is 6.94. The van der Waals surface area contributed by atoms with Gasteiger partial charge in [-0.2, -0.15) is 0 Å². The van der Waals surface area contributed by atoms with E-state index >= 15 is 0 Å². The topological polar surface area (TPSA) is 72.4 Å². The number of nitro groups is 1. The molecule has 0 spiro atoms. The first-order valence-electron chi connectivity index (χ1n) is 5.85. The number of rotatable bonds is 4. The predicted octanol–water partition coefficient (Wildman–Crippen LogP) is 1.38. The maximum atomic E-state index is 10.9. The van der Waals surface area contributed by atoms with Crippen molar-refractivity contribution in [2.24, 2.45) is 11.7 Å². The summed E-state index contributed by atoms with van der Waals surface area (Å²) in [7, 11) is 0. The van der Waals surface area contributed by atoms with Crippen LogP contribution in [-0.2, 0) is 6.54 Å². The van der Waals surface area contributed by atoms with Crippen molar-refractivity contribution in [2.45, 2.75) is 13.0 Å². The molecule has 2 rings (SSSR count). The third-order valence-electron chi connectivity index (χ3n) is 3.29. The molecular weight excluding hydrogens is 218 g/mol. The first-order chi connectivity index (χ1) is 8.20. The Bertz CT molecular complexity index is 408.